The summed E-state index contributed by atoms with van der Waals surface area (Å²) >= 11 is 5.84. The summed E-state index contributed by atoms with van der Waals surface area (Å²) in [6, 6.07) is 13.8. The second-order valence-electron chi connectivity index (χ2n) is 5.22. The third kappa shape index (κ3) is 5.28. The molecule has 0 bridgehead atoms. The van der Waals surface area contributed by atoms with Crippen molar-refractivity contribution in [3.63, 3.8) is 0 Å². The molecule has 2 aromatic carbocycles. The summed E-state index contributed by atoms with van der Waals surface area (Å²) in [6.45, 7) is 3.30. The Morgan fingerprint density at radius 3 is 2.29 bits per heavy atom. The topological polar surface area (TPSA) is 67.4 Å². The van der Waals surface area contributed by atoms with Crippen molar-refractivity contribution in [1.82, 2.24) is 0 Å². The van der Waals surface area contributed by atoms with Gasteiger partial charge >= 0.3 is 0 Å². The predicted octanol–water partition coefficient (Wildman–Crippen LogP) is 4.09. The molecule has 0 fully saturated rings. The van der Waals surface area contributed by atoms with Crippen molar-refractivity contribution in [3.05, 3.63) is 53.6 Å². The van der Waals surface area contributed by atoms with E-state index in [1.165, 1.54) is 6.92 Å². The molecule has 2 amide bonds. The van der Waals surface area contributed by atoms with Crippen molar-refractivity contribution >= 4 is 34.8 Å². The number of hydrogen-bond donors (Lipinski definition) is 2. The number of anilines is 2. The van der Waals surface area contributed by atoms with Gasteiger partial charge in [-0.3, -0.25) is 9.59 Å². The van der Waals surface area contributed by atoms with Crippen LogP contribution >= 0.6 is 11.6 Å². The van der Waals surface area contributed by atoms with Crippen molar-refractivity contribution < 1.29 is 14.3 Å². The first-order valence-corrected chi connectivity index (χ1v) is 7.96. The first-order chi connectivity index (χ1) is 11.5. The van der Waals surface area contributed by atoms with Crippen LogP contribution in [0.15, 0.2) is 48.5 Å². The van der Waals surface area contributed by atoms with Gasteiger partial charge in [0.15, 0.2) is 6.10 Å². The summed E-state index contributed by atoms with van der Waals surface area (Å²) in [5.41, 5.74) is 1.20. The molecule has 1 atom stereocenters. The number of ether oxygens (including phenoxy) is 1. The van der Waals surface area contributed by atoms with Gasteiger partial charge in [0.25, 0.3) is 5.91 Å². The highest BCUT2D eigenvalue weighted by atomic mass is 35.5. The Bertz CT molecular complexity index is 716. The number of amides is 2. The van der Waals surface area contributed by atoms with Gasteiger partial charge in [-0.1, -0.05) is 24.6 Å². The molecule has 0 heterocycles. The lowest BCUT2D eigenvalue weighted by molar-refractivity contribution is -0.122. The predicted molar refractivity (Wildman–Crippen MR) is 95.5 cm³/mol. The van der Waals surface area contributed by atoms with E-state index < -0.39 is 6.10 Å². The highest BCUT2D eigenvalue weighted by Crippen LogP contribution is 2.19. The van der Waals surface area contributed by atoms with Gasteiger partial charge < -0.3 is 15.4 Å². The van der Waals surface area contributed by atoms with E-state index in [1.807, 2.05) is 6.92 Å². The number of benzene rings is 2. The van der Waals surface area contributed by atoms with E-state index in [0.29, 0.717) is 28.6 Å². The van der Waals surface area contributed by atoms with Crippen molar-refractivity contribution in [3.8, 4) is 5.75 Å². The molecule has 0 aliphatic heterocycles. The molecule has 0 saturated heterocycles. The van der Waals surface area contributed by atoms with Gasteiger partial charge in [0.05, 0.1) is 0 Å². The van der Waals surface area contributed by atoms with Crippen LogP contribution in [0, 0.1) is 0 Å². The van der Waals surface area contributed by atoms with E-state index >= 15 is 0 Å². The van der Waals surface area contributed by atoms with E-state index in [9.17, 15) is 9.59 Å². The highest BCUT2D eigenvalue weighted by Gasteiger charge is 2.18. The average molecular weight is 347 g/mol. The number of halogens is 1. The van der Waals surface area contributed by atoms with Gasteiger partial charge in [-0.2, -0.15) is 0 Å². The average Bonchev–Trinajstić information content (AvgIpc) is 2.54. The summed E-state index contributed by atoms with van der Waals surface area (Å²) in [6.07, 6.45) is -0.115. The lowest BCUT2D eigenvalue weighted by Gasteiger charge is -2.17. The molecule has 2 rings (SSSR count). The van der Waals surface area contributed by atoms with Crippen molar-refractivity contribution in [1.29, 1.82) is 0 Å². The Morgan fingerprint density at radius 2 is 1.71 bits per heavy atom. The molecule has 126 valence electrons. The zero-order chi connectivity index (χ0) is 17.5. The third-order valence-electron chi connectivity index (χ3n) is 3.21. The molecular weight excluding hydrogens is 328 g/mol. The number of carbonyl (C=O) groups excluding carboxylic acids is 2. The highest BCUT2D eigenvalue weighted by molar-refractivity contribution is 6.30. The monoisotopic (exact) mass is 346 g/mol. The maximum atomic E-state index is 12.4. The lowest BCUT2D eigenvalue weighted by Crippen LogP contribution is -2.32. The van der Waals surface area contributed by atoms with Crippen LogP contribution in [0.1, 0.15) is 20.3 Å². The fourth-order valence-electron chi connectivity index (χ4n) is 2.10. The molecule has 6 heteroatoms. The van der Waals surface area contributed by atoms with Gasteiger partial charge in [-0.05, 0) is 48.9 Å². The van der Waals surface area contributed by atoms with Crippen LogP contribution < -0.4 is 15.4 Å². The first-order valence-electron chi connectivity index (χ1n) is 7.58. The molecule has 0 saturated carbocycles. The van der Waals surface area contributed by atoms with Crippen LogP contribution in [0.5, 0.6) is 5.75 Å². The second-order valence-corrected chi connectivity index (χ2v) is 5.66. The SMILES string of the molecule is CC[C@@H](Oc1ccc(Cl)cc1)C(=O)Nc1cccc(NC(C)=O)c1. The molecule has 0 aliphatic rings. The third-order valence-corrected chi connectivity index (χ3v) is 3.46. The summed E-state index contributed by atoms with van der Waals surface area (Å²) in [7, 11) is 0. The summed E-state index contributed by atoms with van der Waals surface area (Å²) in [5, 5.41) is 6.08. The van der Waals surface area contributed by atoms with Crippen molar-refractivity contribution in [2.24, 2.45) is 0 Å². The minimum atomic E-state index is -0.629. The van der Waals surface area contributed by atoms with Crippen LogP contribution in [0.2, 0.25) is 5.02 Å². The minimum absolute atomic E-state index is 0.170. The van der Waals surface area contributed by atoms with E-state index in [4.69, 9.17) is 16.3 Å². The van der Waals surface area contributed by atoms with E-state index in [0.717, 1.165) is 0 Å². The molecule has 0 unspecified atom stereocenters. The maximum absolute atomic E-state index is 12.4. The van der Waals surface area contributed by atoms with Crippen LogP contribution in [-0.4, -0.2) is 17.9 Å². The summed E-state index contributed by atoms with van der Waals surface area (Å²) < 4.78 is 5.71. The first kappa shape index (κ1) is 17.8. The maximum Gasteiger partial charge on any atom is 0.265 e. The quantitative estimate of drug-likeness (QED) is 0.827. The normalized spacial score (nSPS) is 11.5. The largest absolute Gasteiger partial charge is 0.481 e. The van der Waals surface area contributed by atoms with Gasteiger partial charge in [-0.15, -0.1) is 0 Å². The second kappa shape index (κ2) is 8.36. The van der Waals surface area contributed by atoms with Gasteiger partial charge in [0, 0.05) is 23.3 Å². The summed E-state index contributed by atoms with van der Waals surface area (Å²) in [5.74, 6) is 0.150. The van der Waals surface area contributed by atoms with Gasteiger partial charge in [0.2, 0.25) is 5.91 Å². The van der Waals surface area contributed by atoms with Gasteiger partial charge in [0.1, 0.15) is 5.75 Å². The molecule has 2 aromatic rings. The zero-order valence-electron chi connectivity index (χ0n) is 13.5. The van der Waals surface area contributed by atoms with Crippen molar-refractivity contribution in [2.45, 2.75) is 26.4 Å². The summed E-state index contributed by atoms with van der Waals surface area (Å²) in [4.78, 5) is 23.5. The molecule has 0 spiro atoms. The van der Waals surface area contributed by atoms with Crippen LogP contribution in [-0.2, 0) is 9.59 Å². The van der Waals surface area contributed by atoms with E-state index in [2.05, 4.69) is 10.6 Å². The number of nitrogens with one attached hydrogen (secondary N) is 2. The van der Waals surface area contributed by atoms with Crippen LogP contribution in [0.25, 0.3) is 0 Å². The minimum Gasteiger partial charge on any atom is -0.481 e. The molecule has 0 radical (unpaired) electrons. The molecular formula is C18H19ClN2O3. The Kier molecular flexibility index (Phi) is 6.21. The number of rotatable bonds is 6. The standard InChI is InChI=1S/C18H19ClN2O3/c1-3-17(24-16-9-7-13(19)8-10-16)18(23)21-15-6-4-5-14(11-15)20-12(2)22/h4-11,17H,3H2,1-2H3,(H,20,22)(H,21,23)/t17-/m1/s1. The fourth-order valence-corrected chi connectivity index (χ4v) is 2.23. The lowest BCUT2D eigenvalue weighted by atomic mass is 10.2. The molecule has 2 N–H and O–H groups in total. The van der Waals surface area contributed by atoms with Gasteiger partial charge in [-0.25, -0.2) is 0 Å². The smallest absolute Gasteiger partial charge is 0.265 e. The molecule has 5 nitrogen and oxygen atoms in total. The zero-order valence-corrected chi connectivity index (χ0v) is 14.3. The Balaban J connectivity index is 2.03. The Hall–Kier alpha value is -2.53. The van der Waals surface area contributed by atoms with Crippen molar-refractivity contribution in [2.75, 3.05) is 10.6 Å². The van der Waals surface area contributed by atoms with Crippen LogP contribution in [0.4, 0.5) is 11.4 Å². The van der Waals surface area contributed by atoms with E-state index in [1.54, 1.807) is 48.5 Å². The number of hydrogen-bond acceptors (Lipinski definition) is 3. The molecule has 24 heavy (non-hydrogen) atoms. The van der Waals surface area contributed by atoms with E-state index in [-0.39, 0.29) is 11.8 Å². The molecule has 0 aliphatic carbocycles. The Labute approximate surface area is 146 Å². The fraction of sp³-hybridized carbons (Fsp3) is 0.222. The van der Waals surface area contributed by atoms with Crippen LogP contribution in [0.3, 0.4) is 0 Å². The molecule has 0 aromatic heterocycles. The Morgan fingerprint density at radius 1 is 1.08 bits per heavy atom. The number of carbonyl (C=O) groups is 2.